The Morgan fingerprint density at radius 1 is 1.55 bits per heavy atom. The van der Waals surface area contributed by atoms with E-state index in [1.807, 2.05) is 0 Å². The quantitative estimate of drug-likeness (QED) is 0.417. The van der Waals surface area contributed by atoms with E-state index >= 15 is 0 Å². The predicted molar refractivity (Wildman–Crippen MR) is 36.1 cm³/mol. The Balaban J connectivity index is 0.000000605. The van der Waals surface area contributed by atoms with Crippen molar-refractivity contribution in [2.45, 2.75) is 25.3 Å². The lowest BCUT2D eigenvalue weighted by Gasteiger charge is -1.98. The zero-order valence-corrected chi connectivity index (χ0v) is 7.10. The second kappa shape index (κ2) is 2.64. The van der Waals surface area contributed by atoms with Gasteiger partial charge >= 0.3 is 0 Å². The molecule has 1 atom stereocenters. The summed E-state index contributed by atoms with van der Waals surface area (Å²) in [7, 11) is 0. The van der Waals surface area contributed by atoms with Crippen LogP contribution in [0.3, 0.4) is 0 Å². The Labute approximate surface area is 72.1 Å². The van der Waals surface area contributed by atoms with Gasteiger partial charge in [-0.1, -0.05) is 0 Å². The molecule has 1 saturated carbocycles. The predicted octanol–water partition coefficient (Wildman–Crippen LogP) is -4.41. The highest BCUT2D eigenvalue weighted by molar-refractivity contribution is 5.78. The molecule has 1 spiro atoms. The van der Waals surface area contributed by atoms with Gasteiger partial charge in [0.25, 0.3) is 5.91 Å². The molecule has 1 aliphatic heterocycles. The molecule has 2 fully saturated rings. The molecule has 0 aromatic carbocycles. The monoisotopic (exact) mass is 176 g/mol. The number of amides is 1. The summed E-state index contributed by atoms with van der Waals surface area (Å²) < 4.78 is 0. The van der Waals surface area contributed by atoms with E-state index in [-0.39, 0.29) is 24.4 Å². The molecule has 4 heteroatoms. The van der Waals surface area contributed by atoms with Crippen LogP contribution in [0.25, 0.3) is 0 Å². The van der Waals surface area contributed by atoms with Crippen LogP contribution in [0.15, 0.2) is 0 Å². The van der Waals surface area contributed by atoms with Gasteiger partial charge in [0.15, 0.2) is 6.04 Å². The molecule has 4 N–H and O–H groups in total. The molecule has 1 saturated heterocycles. The van der Waals surface area contributed by atoms with Crippen molar-refractivity contribution in [3.63, 3.8) is 0 Å². The zero-order valence-electron chi connectivity index (χ0n) is 6.35. The normalized spacial score (nSPS) is 31.5. The smallest absolute Gasteiger partial charge is 0.275 e. The van der Waals surface area contributed by atoms with E-state index in [2.05, 4.69) is 5.32 Å². The highest BCUT2D eigenvalue weighted by atomic mass is 35.5. The van der Waals surface area contributed by atoms with Crippen LogP contribution in [0.2, 0.25) is 0 Å². The van der Waals surface area contributed by atoms with Crippen molar-refractivity contribution in [3.8, 4) is 0 Å². The highest BCUT2D eigenvalue weighted by Gasteiger charge is 2.52. The third-order valence-electron chi connectivity index (χ3n) is 2.81. The molecule has 1 unspecified atom stereocenters. The zero-order chi connectivity index (χ0) is 7.19. The van der Waals surface area contributed by atoms with Gasteiger partial charge in [0.1, 0.15) is 0 Å². The largest absolute Gasteiger partial charge is 1.00 e. The molecule has 0 bridgehead atoms. The summed E-state index contributed by atoms with van der Waals surface area (Å²) in [6.07, 6.45) is 3.66. The van der Waals surface area contributed by atoms with Crippen molar-refractivity contribution in [2.24, 2.45) is 11.1 Å². The molecule has 11 heavy (non-hydrogen) atoms. The Kier molecular flexibility index (Phi) is 2.12. The minimum atomic E-state index is -0.135. The van der Waals surface area contributed by atoms with Gasteiger partial charge in [-0.05, 0) is 12.8 Å². The number of carbonyl (C=O) groups is 1. The first-order valence-electron chi connectivity index (χ1n) is 3.85. The molecule has 2 aliphatic rings. The lowest BCUT2D eigenvalue weighted by molar-refractivity contribution is -0.660. The lowest BCUT2D eigenvalue weighted by atomic mass is 10.0. The maximum atomic E-state index is 10.7. The van der Waals surface area contributed by atoms with Crippen LogP contribution in [-0.2, 0) is 4.79 Å². The average Bonchev–Trinajstić information content (AvgIpc) is 2.41. The van der Waals surface area contributed by atoms with E-state index in [1.165, 1.54) is 12.8 Å². The standard InChI is InChI=1S/C7H12N2O.ClH/c8-6(10)5-3-7(1-2-7)4-9-5;/h5,9H,1-4H2,(H2,8,10);1H. The van der Waals surface area contributed by atoms with Crippen molar-refractivity contribution in [1.82, 2.24) is 0 Å². The number of quaternary nitrogens is 1. The minimum Gasteiger partial charge on any atom is -1.00 e. The van der Waals surface area contributed by atoms with Crippen molar-refractivity contribution in [2.75, 3.05) is 6.54 Å². The Morgan fingerprint density at radius 2 is 2.18 bits per heavy atom. The van der Waals surface area contributed by atoms with Crippen molar-refractivity contribution < 1.29 is 22.5 Å². The maximum Gasteiger partial charge on any atom is 0.275 e. The number of hydrogen-bond donors (Lipinski definition) is 2. The Morgan fingerprint density at radius 3 is 2.45 bits per heavy atom. The fraction of sp³-hybridized carbons (Fsp3) is 0.857. The number of rotatable bonds is 1. The number of halogens is 1. The Bertz CT molecular complexity index is 179. The SMILES string of the molecule is NC(=O)C1CC2(CC2)C[NH2+]1.[Cl-]. The fourth-order valence-electron chi connectivity index (χ4n) is 1.83. The third-order valence-corrected chi connectivity index (χ3v) is 2.81. The third kappa shape index (κ3) is 1.49. The molecular formula is C7H13ClN2O. The van der Waals surface area contributed by atoms with Gasteiger partial charge in [-0.15, -0.1) is 0 Å². The van der Waals surface area contributed by atoms with E-state index in [1.54, 1.807) is 0 Å². The van der Waals surface area contributed by atoms with Gasteiger partial charge in [-0.2, -0.15) is 0 Å². The summed E-state index contributed by atoms with van der Waals surface area (Å²) in [6.45, 7) is 1.13. The summed E-state index contributed by atoms with van der Waals surface area (Å²) in [6, 6.07) is 0.0856. The van der Waals surface area contributed by atoms with Gasteiger partial charge in [-0.25, -0.2) is 0 Å². The molecule has 1 aliphatic carbocycles. The van der Waals surface area contributed by atoms with Gasteiger partial charge < -0.3 is 23.5 Å². The first kappa shape index (κ1) is 8.81. The first-order valence-corrected chi connectivity index (χ1v) is 3.85. The molecule has 64 valence electrons. The van der Waals surface area contributed by atoms with E-state index in [0.29, 0.717) is 5.41 Å². The number of carbonyl (C=O) groups excluding carboxylic acids is 1. The molecule has 1 amide bonds. The van der Waals surface area contributed by atoms with E-state index in [0.717, 1.165) is 13.0 Å². The maximum absolute atomic E-state index is 10.7. The number of nitrogens with two attached hydrogens (primary N) is 2. The number of primary amides is 1. The van der Waals surface area contributed by atoms with Crippen molar-refractivity contribution >= 4 is 5.91 Å². The van der Waals surface area contributed by atoms with Gasteiger partial charge in [0.2, 0.25) is 0 Å². The first-order chi connectivity index (χ1) is 4.72. The highest BCUT2D eigenvalue weighted by Crippen LogP contribution is 2.49. The van der Waals surface area contributed by atoms with E-state index in [9.17, 15) is 4.79 Å². The van der Waals surface area contributed by atoms with Gasteiger partial charge in [0, 0.05) is 11.8 Å². The summed E-state index contributed by atoms with van der Waals surface area (Å²) in [5.41, 5.74) is 5.72. The fourth-order valence-corrected chi connectivity index (χ4v) is 1.83. The van der Waals surface area contributed by atoms with Gasteiger partial charge in [0.05, 0.1) is 6.54 Å². The van der Waals surface area contributed by atoms with Crippen molar-refractivity contribution in [1.29, 1.82) is 0 Å². The average molecular weight is 177 g/mol. The minimum absolute atomic E-state index is 0. The molecule has 1 heterocycles. The molecular weight excluding hydrogens is 164 g/mol. The second-order valence-electron chi connectivity index (χ2n) is 3.65. The summed E-state index contributed by atoms with van der Waals surface area (Å²) in [4.78, 5) is 10.7. The van der Waals surface area contributed by atoms with Crippen LogP contribution in [-0.4, -0.2) is 18.5 Å². The Hall–Kier alpha value is -0.280. The lowest BCUT2D eigenvalue weighted by Crippen LogP contribution is -3.00. The summed E-state index contributed by atoms with van der Waals surface area (Å²) in [5.74, 6) is -0.135. The van der Waals surface area contributed by atoms with Crippen LogP contribution in [0, 0.1) is 5.41 Å². The van der Waals surface area contributed by atoms with Crippen LogP contribution < -0.4 is 23.5 Å². The molecule has 3 nitrogen and oxygen atoms in total. The van der Waals surface area contributed by atoms with Gasteiger partial charge in [-0.3, -0.25) is 4.79 Å². The molecule has 0 aromatic heterocycles. The van der Waals surface area contributed by atoms with Crippen molar-refractivity contribution in [3.05, 3.63) is 0 Å². The summed E-state index contributed by atoms with van der Waals surface area (Å²) >= 11 is 0. The second-order valence-corrected chi connectivity index (χ2v) is 3.65. The molecule has 2 rings (SSSR count). The topological polar surface area (TPSA) is 59.7 Å². The van der Waals surface area contributed by atoms with E-state index < -0.39 is 0 Å². The summed E-state index contributed by atoms with van der Waals surface area (Å²) in [5, 5.41) is 2.09. The van der Waals surface area contributed by atoms with Crippen LogP contribution in [0.5, 0.6) is 0 Å². The molecule has 0 radical (unpaired) electrons. The van der Waals surface area contributed by atoms with Crippen LogP contribution >= 0.6 is 0 Å². The molecule has 0 aromatic rings. The van der Waals surface area contributed by atoms with E-state index in [4.69, 9.17) is 5.73 Å². The van der Waals surface area contributed by atoms with Crippen LogP contribution in [0.4, 0.5) is 0 Å². The number of hydrogen-bond acceptors (Lipinski definition) is 1. The van der Waals surface area contributed by atoms with Crippen LogP contribution in [0.1, 0.15) is 19.3 Å².